The molecule has 0 amide bonds. The van der Waals surface area contributed by atoms with E-state index in [1.54, 1.807) is 0 Å². The largest absolute Gasteiger partial charge is 0.374 e. The van der Waals surface area contributed by atoms with Gasteiger partial charge < -0.3 is 23.7 Å². The molecule has 8 aromatic rings. The fourth-order valence-electron chi connectivity index (χ4n) is 8.11. The molecule has 1 aliphatic rings. The van der Waals surface area contributed by atoms with Crippen LogP contribution in [0.15, 0.2) is 188 Å². The van der Waals surface area contributed by atoms with Crippen molar-refractivity contribution < 1.29 is 23.7 Å². The van der Waals surface area contributed by atoms with Crippen LogP contribution in [0.4, 0.5) is 0 Å². The van der Waals surface area contributed by atoms with E-state index in [0.29, 0.717) is 33.0 Å². The van der Waals surface area contributed by atoms with Crippen LogP contribution in [0.25, 0.3) is 20.9 Å². The topological polar surface area (TPSA) is 46.2 Å². The molecule has 0 aliphatic carbocycles. The van der Waals surface area contributed by atoms with Gasteiger partial charge in [0.2, 0.25) is 0 Å². The van der Waals surface area contributed by atoms with Crippen molar-refractivity contribution in [2.24, 2.45) is 0 Å². The Labute approximate surface area is 350 Å². The summed E-state index contributed by atoms with van der Waals surface area (Å²) in [6, 6.07) is 65.4. The normalized spacial score (nSPS) is 19.3. The molecule has 0 saturated carbocycles. The third kappa shape index (κ3) is 9.72. The number of thiophene rings is 1. The first-order valence-corrected chi connectivity index (χ1v) is 21.3. The zero-order valence-corrected chi connectivity index (χ0v) is 33.8. The molecule has 0 spiro atoms. The molecular weight excluding hydrogens is 749 g/mol. The van der Waals surface area contributed by atoms with Crippen molar-refractivity contribution in [1.29, 1.82) is 0 Å². The Morgan fingerprint density at radius 3 is 1.56 bits per heavy atom. The number of ether oxygens (including phenoxy) is 5. The molecule has 5 nitrogen and oxygen atoms in total. The number of rotatable bonds is 16. The number of fused-ring (bicyclic) bond motifs is 2. The monoisotopic (exact) mass is 796 g/mol. The van der Waals surface area contributed by atoms with Gasteiger partial charge in [-0.05, 0) is 61.7 Å². The van der Waals surface area contributed by atoms with Crippen molar-refractivity contribution in [1.82, 2.24) is 0 Å². The third-order valence-electron chi connectivity index (χ3n) is 11.0. The Morgan fingerprint density at radius 2 is 0.949 bits per heavy atom. The summed E-state index contributed by atoms with van der Waals surface area (Å²) < 4.78 is 36.4. The van der Waals surface area contributed by atoms with Crippen molar-refractivity contribution in [3.8, 4) is 0 Å². The molecule has 0 radical (unpaired) electrons. The maximum absolute atomic E-state index is 7.40. The van der Waals surface area contributed by atoms with E-state index in [2.05, 4.69) is 115 Å². The van der Waals surface area contributed by atoms with Crippen LogP contribution in [0.5, 0.6) is 0 Å². The summed E-state index contributed by atoms with van der Waals surface area (Å²) in [5.74, 6) is 0. The zero-order chi connectivity index (χ0) is 39.6. The molecule has 7 aromatic carbocycles. The van der Waals surface area contributed by atoms with Gasteiger partial charge in [-0.15, -0.1) is 11.3 Å². The standard InChI is InChI=1S/C53H48O5S/c1-5-17-38(18-6-1)33-54-37-48-51(55-34-39-19-7-2-8-20-39)53(57-36-41-23-11-4-12-24-41)52(56-35-40-21-9-3-10-22-40)50(58-48)47-31-42(29-43-25-13-15-27-46(43)47)30-45-32-44-26-14-16-28-49(44)59-45/h1-29,31-32,48,50-53H,30,33-37H2/t48-,50+,51+,52-,53+/m1/s1. The number of hydrogen-bond acceptors (Lipinski definition) is 6. The Balaban J connectivity index is 1.13. The maximum atomic E-state index is 7.40. The van der Waals surface area contributed by atoms with E-state index in [1.165, 1.54) is 20.5 Å². The minimum absolute atomic E-state index is 0.306. The van der Waals surface area contributed by atoms with Crippen molar-refractivity contribution in [3.05, 3.63) is 226 Å². The first kappa shape index (κ1) is 39.0. The first-order valence-electron chi connectivity index (χ1n) is 20.5. The molecule has 9 rings (SSSR count). The molecule has 0 unspecified atom stereocenters. The van der Waals surface area contributed by atoms with Crippen LogP contribution >= 0.6 is 11.3 Å². The first-order chi connectivity index (χ1) is 29.2. The second-order valence-electron chi connectivity index (χ2n) is 15.2. The van der Waals surface area contributed by atoms with Crippen LogP contribution in [0.2, 0.25) is 0 Å². The summed E-state index contributed by atoms with van der Waals surface area (Å²) in [7, 11) is 0. The third-order valence-corrected chi connectivity index (χ3v) is 12.1. The molecule has 0 N–H and O–H groups in total. The molecule has 296 valence electrons. The van der Waals surface area contributed by atoms with E-state index in [4.69, 9.17) is 23.7 Å². The SMILES string of the molecule is c1ccc(COC[C@H]2O[C@@H](c3cc(Cc4cc5ccccc5s4)cc4ccccc34)[C@@H](OCc3ccccc3)[C@@H](OCc3ccccc3)[C@H]2OCc2ccccc2)cc1. The molecule has 2 heterocycles. The summed E-state index contributed by atoms with van der Waals surface area (Å²) in [5.41, 5.74) is 6.61. The molecule has 1 aromatic heterocycles. The van der Waals surface area contributed by atoms with Gasteiger partial charge in [0, 0.05) is 16.0 Å². The van der Waals surface area contributed by atoms with E-state index >= 15 is 0 Å². The van der Waals surface area contributed by atoms with E-state index < -0.39 is 30.5 Å². The fourth-order valence-corrected chi connectivity index (χ4v) is 9.21. The lowest BCUT2D eigenvalue weighted by Gasteiger charge is -2.46. The Morgan fingerprint density at radius 1 is 0.441 bits per heavy atom. The molecule has 6 heteroatoms. The highest BCUT2D eigenvalue weighted by Gasteiger charge is 2.49. The van der Waals surface area contributed by atoms with Gasteiger partial charge in [0.15, 0.2) is 0 Å². The maximum Gasteiger partial charge on any atom is 0.117 e. The molecule has 1 saturated heterocycles. The van der Waals surface area contributed by atoms with Crippen LogP contribution in [0.3, 0.4) is 0 Å². The molecule has 0 bridgehead atoms. The van der Waals surface area contributed by atoms with Crippen molar-refractivity contribution in [2.45, 2.75) is 63.4 Å². The molecule has 59 heavy (non-hydrogen) atoms. The highest BCUT2D eigenvalue weighted by molar-refractivity contribution is 7.19. The van der Waals surface area contributed by atoms with Crippen LogP contribution in [0, 0.1) is 0 Å². The van der Waals surface area contributed by atoms with Gasteiger partial charge in [-0.3, -0.25) is 0 Å². The second-order valence-corrected chi connectivity index (χ2v) is 16.4. The Kier molecular flexibility index (Phi) is 12.6. The van der Waals surface area contributed by atoms with E-state index in [-0.39, 0.29) is 0 Å². The smallest absolute Gasteiger partial charge is 0.117 e. The lowest BCUT2D eigenvalue weighted by atomic mass is 9.87. The number of hydrogen-bond donors (Lipinski definition) is 0. The minimum Gasteiger partial charge on any atom is -0.374 e. The summed E-state index contributed by atoms with van der Waals surface area (Å²) in [4.78, 5) is 1.32. The summed E-state index contributed by atoms with van der Waals surface area (Å²) in [5, 5.41) is 3.56. The van der Waals surface area contributed by atoms with Crippen LogP contribution in [-0.4, -0.2) is 31.0 Å². The second kappa shape index (κ2) is 19.1. The van der Waals surface area contributed by atoms with Gasteiger partial charge in [-0.25, -0.2) is 0 Å². The van der Waals surface area contributed by atoms with Crippen molar-refractivity contribution >= 4 is 32.2 Å². The highest BCUT2D eigenvalue weighted by Crippen LogP contribution is 2.42. The highest BCUT2D eigenvalue weighted by atomic mass is 32.1. The number of benzene rings is 7. The average molecular weight is 797 g/mol. The Hall–Kier alpha value is -5.44. The molecule has 1 aliphatic heterocycles. The molecule has 1 fully saturated rings. The minimum atomic E-state index is -0.534. The lowest BCUT2D eigenvalue weighted by molar-refractivity contribution is -0.274. The van der Waals surface area contributed by atoms with Crippen LogP contribution in [-0.2, 0) is 56.5 Å². The van der Waals surface area contributed by atoms with Gasteiger partial charge in [0.25, 0.3) is 0 Å². The van der Waals surface area contributed by atoms with E-state index in [1.807, 2.05) is 84.1 Å². The van der Waals surface area contributed by atoms with Gasteiger partial charge >= 0.3 is 0 Å². The quantitative estimate of drug-likeness (QED) is 0.0974. The summed E-state index contributed by atoms with van der Waals surface area (Å²) in [6.07, 6.45) is -1.74. The predicted molar refractivity (Wildman–Crippen MR) is 237 cm³/mol. The fraction of sp³-hybridized carbons (Fsp3) is 0.208. The summed E-state index contributed by atoms with van der Waals surface area (Å²) >= 11 is 1.85. The molecular formula is C53H48O5S. The van der Waals surface area contributed by atoms with E-state index in [0.717, 1.165) is 45.0 Å². The average Bonchev–Trinajstić information content (AvgIpc) is 3.70. The van der Waals surface area contributed by atoms with Gasteiger partial charge in [-0.2, -0.15) is 0 Å². The van der Waals surface area contributed by atoms with Gasteiger partial charge in [0.05, 0.1) is 33.0 Å². The van der Waals surface area contributed by atoms with E-state index in [9.17, 15) is 0 Å². The van der Waals surface area contributed by atoms with Gasteiger partial charge in [-0.1, -0.05) is 176 Å². The van der Waals surface area contributed by atoms with Gasteiger partial charge in [0.1, 0.15) is 30.5 Å². The summed E-state index contributed by atoms with van der Waals surface area (Å²) in [6.45, 7) is 1.92. The van der Waals surface area contributed by atoms with Crippen molar-refractivity contribution in [3.63, 3.8) is 0 Å². The van der Waals surface area contributed by atoms with Crippen molar-refractivity contribution in [2.75, 3.05) is 6.61 Å². The zero-order valence-electron chi connectivity index (χ0n) is 33.0. The molecule has 5 atom stereocenters. The van der Waals surface area contributed by atoms with Crippen LogP contribution in [0.1, 0.15) is 44.4 Å². The van der Waals surface area contributed by atoms with Crippen LogP contribution < -0.4 is 0 Å². The predicted octanol–water partition coefficient (Wildman–Crippen LogP) is 12.1. The Bertz CT molecular complexity index is 2490. The lowest BCUT2D eigenvalue weighted by Crippen LogP contribution is -2.58.